The van der Waals surface area contributed by atoms with E-state index in [2.05, 4.69) is 9.97 Å². The molecule has 0 spiro atoms. The first-order chi connectivity index (χ1) is 7.66. The fourth-order valence-electron chi connectivity index (χ4n) is 1.41. The van der Waals surface area contributed by atoms with E-state index in [1.807, 2.05) is 12.1 Å². The summed E-state index contributed by atoms with van der Waals surface area (Å²) in [6.45, 7) is 0. The highest BCUT2D eigenvalue weighted by atomic mass is 16.1. The Bertz CT molecular complexity index is 548. The average molecular weight is 216 g/mol. The van der Waals surface area contributed by atoms with Gasteiger partial charge in [-0.3, -0.25) is 14.3 Å². The highest BCUT2D eigenvalue weighted by Gasteiger charge is 2.03. The number of hydrogen-bond acceptors (Lipinski definition) is 4. The maximum absolute atomic E-state index is 11.5. The smallest absolute Gasteiger partial charge is 0.254 e. The number of nitrogen functional groups attached to an aromatic ring is 1. The first kappa shape index (κ1) is 10.4. The normalized spacial score (nSPS) is 10.3. The van der Waals surface area contributed by atoms with Crippen molar-refractivity contribution >= 4 is 5.95 Å². The maximum atomic E-state index is 11.5. The lowest BCUT2D eigenvalue weighted by molar-refractivity contribution is 0.824. The predicted molar refractivity (Wildman–Crippen MR) is 60.9 cm³/mol. The van der Waals surface area contributed by atoms with Crippen LogP contribution in [0.25, 0.3) is 0 Å². The Morgan fingerprint density at radius 2 is 2.31 bits per heavy atom. The van der Waals surface area contributed by atoms with Gasteiger partial charge < -0.3 is 5.73 Å². The molecule has 2 rings (SSSR count). The van der Waals surface area contributed by atoms with Gasteiger partial charge in [0.25, 0.3) is 5.56 Å². The zero-order valence-corrected chi connectivity index (χ0v) is 8.92. The number of pyridine rings is 1. The van der Waals surface area contributed by atoms with Gasteiger partial charge in [0, 0.05) is 31.9 Å². The Morgan fingerprint density at radius 1 is 1.50 bits per heavy atom. The van der Waals surface area contributed by atoms with E-state index in [1.54, 1.807) is 19.4 Å². The van der Waals surface area contributed by atoms with Crippen LogP contribution < -0.4 is 11.3 Å². The zero-order chi connectivity index (χ0) is 11.5. The fourth-order valence-corrected chi connectivity index (χ4v) is 1.41. The van der Waals surface area contributed by atoms with Crippen LogP contribution in [-0.4, -0.2) is 14.5 Å². The zero-order valence-electron chi connectivity index (χ0n) is 8.92. The van der Waals surface area contributed by atoms with E-state index in [0.29, 0.717) is 12.1 Å². The SMILES string of the molecule is Cn1c(N)nc(Cc2cccnc2)cc1=O. The van der Waals surface area contributed by atoms with Crippen molar-refractivity contribution in [2.75, 3.05) is 5.73 Å². The van der Waals surface area contributed by atoms with Crippen LogP contribution in [-0.2, 0) is 13.5 Å². The minimum Gasteiger partial charge on any atom is -0.369 e. The highest BCUT2D eigenvalue weighted by molar-refractivity contribution is 5.24. The van der Waals surface area contributed by atoms with Gasteiger partial charge >= 0.3 is 0 Å². The van der Waals surface area contributed by atoms with E-state index in [1.165, 1.54) is 10.6 Å². The molecule has 2 aromatic rings. The molecule has 0 saturated heterocycles. The van der Waals surface area contributed by atoms with Crippen molar-refractivity contribution in [2.45, 2.75) is 6.42 Å². The summed E-state index contributed by atoms with van der Waals surface area (Å²) in [7, 11) is 1.60. The van der Waals surface area contributed by atoms with E-state index in [0.717, 1.165) is 5.56 Å². The summed E-state index contributed by atoms with van der Waals surface area (Å²) in [5.74, 6) is 0.228. The molecule has 0 aromatic carbocycles. The van der Waals surface area contributed by atoms with Gasteiger partial charge in [0.1, 0.15) is 0 Å². The Balaban J connectivity index is 2.33. The fraction of sp³-hybridized carbons (Fsp3) is 0.182. The topological polar surface area (TPSA) is 73.8 Å². The molecule has 5 heteroatoms. The molecule has 2 heterocycles. The monoisotopic (exact) mass is 216 g/mol. The molecule has 5 nitrogen and oxygen atoms in total. The van der Waals surface area contributed by atoms with E-state index in [9.17, 15) is 4.79 Å². The van der Waals surface area contributed by atoms with Gasteiger partial charge in [-0.15, -0.1) is 0 Å². The number of aromatic nitrogens is 3. The van der Waals surface area contributed by atoms with E-state index in [-0.39, 0.29) is 11.5 Å². The Hall–Kier alpha value is -2.17. The number of nitrogens with two attached hydrogens (primary N) is 1. The van der Waals surface area contributed by atoms with Crippen LogP contribution in [0.15, 0.2) is 35.4 Å². The minimum atomic E-state index is -0.147. The molecule has 0 atom stereocenters. The van der Waals surface area contributed by atoms with Crippen LogP contribution in [0.2, 0.25) is 0 Å². The first-order valence-electron chi connectivity index (χ1n) is 4.88. The minimum absolute atomic E-state index is 0.147. The van der Waals surface area contributed by atoms with Gasteiger partial charge in [-0.1, -0.05) is 6.07 Å². The molecular formula is C11H12N4O. The van der Waals surface area contributed by atoms with Gasteiger partial charge in [-0.05, 0) is 11.6 Å². The van der Waals surface area contributed by atoms with Gasteiger partial charge in [-0.25, -0.2) is 4.98 Å². The lowest BCUT2D eigenvalue weighted by Gasteiger charge is -2.05. The van der Waals surface area contributed by atoms with Gasteiger partial charge in [-0.2, -0.15) is 0 Å². The van der Waals surface area contributed by atoms with E-state index in [4.69, 9.17) is 5.73 Å². The van der Waals surface area contributed by atoms with Crippen LogP contribution >= 0.6 is 0 Å². The van der Waals surface area contributed by atoms with Crippen LogP contribution in [0.4, 0.5) is 5.95 Å². The Kier molecular flexibility index (Phi) is 2.68. The van der Waals surface area contributed by atoms with Crippen LogP contribution in [0.3, 0.4) is 0 Å². The number of hydrogen-bond donors (Lipinski definition) is 1. The van der Waals surface area contributed by atoms with Crippen LogP contribution in [0.5, 0.6) is 0 Å². The number of rotatable bonds is 2. The molecule has 0 aliphatic carbocycles. The molecular weight excluding hydrogens is 204 g/mol. The molecule has 0 fully saturated rings. The molecule has 0 radical (unpaired) electrons. The van der Waals surface area contributed by atoms with Crippen LogP contribution in [0, 0.1) is 0 Å². The Labute approximate surface area is 92.6 Å². The molecule has 16 heavy (non-hydrogen) atoms. The third-order valence-electron chi connectivity index (χ3n) is 2.33. The highest BCUT2D eigenvalue weighted by Crippen LogP contribution is 2.05. The summed E-state index contributed by atoms with van der Waals surface area (Å²) < 4.78 is 1.31. The second-order valence-electron chi connectivity index (χ2n) is 3.54. The molecule has 82 valence electrons. The standard InChI is InChI=1S/C11H12N4O/c1-15-10(16)6-9(14-11(15)12)5-8-3-2-4-13-7-8/h2-4,6-7H,5H2,1H3,(H2,12,14). The molecule has 0 bridgehead atoms. The summed E-state index contributed by atoms with van der Waals surface area (Å²) in [4.78, 5) is 19.6. The van der Waals surface area contributed by atoms with Crippen molar-refractivity contribution in [3.05, 3.63) is 52.2 Å². The number of anilines is 1. The predicted octanol–water partition coefficient (Wildman–Crippen LogP) is 0.348. The molecule has 0 unspecified atom stereocenters. The summed E-state index contributed by atoms with van der Waals surface area (Å²) in [5.41, 5.74) is 7.13. The molecule has 2 N–H and O–H groups in total. The van der Waals surface area contributed by atoms with Crippen molar-refractivity contribution in [2.24, 2.45) is 7.05 Å². The van der Waals surface area contributed by atoms with E-state index < -0.39 is 0 Å². The molecule has 0 saturated carbocycles. The average Bonchev–Trinajstić information content (AvgIpc) is 2.27. The third kappa shape index (κ3) is 2.08. The van der Waals surface area contributed by atoms with E-state index >= 15 is 0 Å². The van der Waals surface area contributed by atoms with Crippen molar-refractivity contribution < 1.29 is 0 Å². The quantitative estimate of drug-likeness (QED) is 0.786. The van der Waals surface area contributed by atoms with Crippen molar-refractivity contribution in [3.63, 3.8) is 0 Å². The second-order valence-corrected chi connectivity index (χ2v) is 3.54. The third-order valence-corrected chi connectivity index (χ3v) is 2.33. The lowest BCUT2D eigenvalue weighted by Crippen LogP contribution is -2.21. The van der Waals surface area contributed by atoms with Crippen molar-refractivity contribution in [3.8, 4) is 0 Å². The lowest BCUT2D eigenvalue weighted by atomic mass is 10.1. The van der Waals surface area contributed by atoms with Gasteiger partial charge in [0.15, 0.2) is 0 Å². The largest absolute Gasteiger partial charge is 0.369 e. The van der Waals surface area contributed by atoms with Crippen molar-refractivity contribution in [1.29, 1.82) is 0 Å². The first-order valence-corrected chi connectivity index (χ1v) is 4.88. The maximum Gasteiger partial charge on any atom is 0.254 e. The molecule has 0 aliphatic heterocycles. The molecule has 0 aliphatic rings. The summed E-state index contributed by atoms with van der Waals surface area (Å²) in [6.07, 6.45) is 4.01. The molecule has 2 aromatic heterocycles. The summed E-state index contributed by atoms with van der Waals surface area (Å²) >= 11 is 0. The molecule has 0 amide bonds. The Morgan fingerprint density at radius 3 is 2.94 bits per heavy atom. The number of nitrogens with zero attached hydrogens (tertiary/aromatic N) is 3. The van der Waals surface area contributed by atoms with Gasteiger partial charge in [0.05, 0.1) is 5.69 Å². The van der Waals surface area contributed by atoms with Crippen molar-refractivity contribution in [1.82, 2.24) is 14.5 Å². The summed E-state index contributed by atoms with van der Waals surface area (Å²) in [5, 5.41) is 0. The van der Waals surface area contributed by atoms with Gasteiger partial charge in [0.2, 0.25) is 5.95 Å². The second kappa shape index (κ2) is 4.14. The van der Waals surface area contributed by atoms with Crippen LogP contribution in [0.1, 0.15) is 11.3 Å². The summed E-state index contributed by atoms with van der Waals surface area (Å²) in [6, 6.07) is 5.27.